The van der Waals surface area contributed by atoms with E-state index < -0.39 is 60.2 Å². The molecule has 0 radical (unpaired) electrons. The number of carbonyl (C=O) groups excluding carboxylic acids is 4. The molecule has 0 aliphatic carbocycles. The average Bonchev–Trinajstić information content (AvgIpc) is 3.00. The molecule has 12 nitrogen and oxygen atoms in total. The molecule has 1 aliphatic heterocycles. The van der Waals surface area contributed by atoms with Crippen LogP contribution in [-0.4, -0.2) is 68.9 Å². The Balaban J connectivity index is 1.59. The third-order valence-corrected chi connectivity index (χ3v) is 7.48. The number of nitrogens with zero attached hydrogens (tertiary/aromatic N) is 1. The van der Waals surface area contributed by atoms with Gasteiger partial charge in [-0.25, -0.2) is 4.79 Å². The van der Waals surface area contributed by atoms with Crippen molar-refractivity contribution in [1.29, 1.82) is 0 Å². The number of benzene rings is 3. The zero-order valence-corrected chi connectivity index (χ0v) is 23.9. The van der Waals surface area contributed by atoms with E-state index in [1.165, 1.54) is 17.0 Å². The third kappa shape index (κ3) is 8.19. The Morgan fingerprint density at radius 1 is 0.818 bits per heavy atom. The van der Waals surface area contributed by atoms with Crippen molar-refractivity contribution in [3.8, 4) is 5.75 Å². The van der Waals surface area contributed by atoms with Crippen LogP contribution in [0.15, 0.2) is 78.9 Å². The Morgan fingerprint density at radius 2 is 1.43 bits per heavy atom. The largest absolute Gasteiger partial charge is 0.508 e. The number of phenols is 1. The molecule has 4 rings (SSSR count). The minimum atomic E-state index is -1.59. The molecule has 12 heteroatoms. The predicted molar refractivity (Wildman–Crippen MR) is 160 cm³/mol. The maximum atomic E-state index is 13.9. The summed E-state index contributed by atoms with van der Waals surface area (Å²) in [7, 11) is 0. The molecule has 0 fully saturated rings. The van der Waals surface area contributed by atoms with Crippen LogP contribution < -0.4 is 22.1 Å². The molecular formula is C32H35N5O7. The second-order valence-electron chi connectivity index (χ2n) is 10.8. The number of nitrogens with one attached hydrogen (secondary N) is 2. The molecular weight excluding hydrogens is 566 g/mol. The fourth-order valence-corrected chi connectivity index (χ4v) is 5.18. The van der Waals surface area contributed by atoms with Gasteiger partial charge in [0.25, 0.3) is 0 Å². The number of primary amides is 1. The SMILES string of the molecule is NC(=O)C[C@@H](NC(=O)[C@H](Cc1ccccc1)NC(=O)[C@@H]1Cc2ccccc2CN1C(=O)[C@@H](N)Cc1ccc(O)cc1)C(=O)O. The minimum Gasteiger partial charge on any atom is -0.508 e. The van der Waals surface area contributed by atoms with Crippen LogP contribution in [0, 0.1) is 0 Å². The van der Waals surface area contributed by atoms with Gasteiger partial charge in [0.15, 0.2) is 0 Å². The molecule has 1 aliphatic rings. The van der Waals surface area contributed by atoms with Crippen molar-refractivity contribution in [2.75, 3.05) is 0 Å². The van der Waals surface area contributed by atoms with Gasteiger partial charge in [-0.3, -0.25) is 19.2 Å². The number of fused-ring (bicyclic) bond motifs is 1. The molecule has 44 heavy (non-hydrogen) atoms. The lowest BCUT2D eigenvalue weighted by molar-refractivity contribution is -0.145. The van der Waals surface area contributed by atoms with Gasteiger partial charge in [-0.15, -0.1) is 0 Å². The Morgan fingerprint density at radius 3 is 2.07 bits per heavy atom. The van der Waals surface area contributed by atoms with Crippen molar-refractivity contribution in [1.82, 2.24) is 15.5 Å². The molecule has 3 aromatic carbocycles. The maximum Gasteiger partial charge on any atom is 0.326 e. The highest BCUT2D eigenvalue weighted by Gasteiger charge is 2.38. The number of aromatic hydroxyl groups is 1. The number of carboxylic acids is 1. The first-order valence-electron chi connectivity index (χ1n) is 14.1. The van der Waals surface area contributed by atoms with Crippen molar-refractivity contribution in [3.05, 3.63) is 101 Å². The van der Waals surface area contributed by atoms with Gasteiger partial charge in [-0.1, -0.05) is 66.7 Å². The highest BCUT2D eigenvalue weighted by atomic mass is 16.4. The first-order valence-corrected chi connectivity index (χ1v) is 14.1. The molecule has 3 aromatic rings. The van der Waals surface area contributed by atoms with Crippen molar-refractivity contribution in [3.63, 3.8) is 0 Å². The number of aliphatic carboxylic acids is 1. The molecule has 0 saturated heterocycles. The first-order chi connectivity index (χ1) is 21.0. The number of amides is 4. The number of rotatable bonds is 12. The second kappa shape index (κ2) is 14.3. The minimum absolute atomic E-state index is 0.0128. The van der Waals surface area contributed by atoms with Gasteiger partial charge >= 0.3 is 5.97 Å². The van der Waals surface area contributed by atoms with E-state index in [1.54, 1.807) is 42.5 Å². The summed E-state index contributed by atoms with van der Waals surface area (Å²) in [4.78, 5) is 65.5. The van der Waals surface area contributed by atoms with E-state index in [-0.39, 0.29) is 31.6 Å². The van der Waals surface area contributed by atoms with Gasteiger partial charge in [-0.05, 0) is 40.8 Å². The standard InChI is InChI=1S/C32H35N5O7/c33-24(14-20-10-12-23(38)13-11-20)31(42)37-18-22-9-5-4-8-21(22)16-27(37)30(41)35-25(15-19-6-2-1-3-7-19)29(40)36-26(32(43)44)17-28(34)39/h1-13,24-27,38H,14-18,33H2,(H2,34,39)(H,35,41)(H,36,40)(H,43,44)/t24-,25-,26+,27-/m0/s1. The van der Waals surface area contributed by atoms with E-state index in [1.807, 2.05) is 24.3 Å². The molecule has 4 atom stereocenters. The van der Waals surface area contributed by atoms with E-state index in [0.29, 0.717) is 5.56 Å². The maximum absolute atomic E-state index is 13.9. The lowest BCUT2D eigenvalue weighted by atomic mass is 9.92. The second-order valence-corrected chi connectivity index (χ2v) is 10.8. The zero-order chi connectivity index (χ0) is 31.8. The molecule has 0 unspecified atom stereocenters. The van der Waals surface area contributed by atoms with Gasteiger partial charge in [0, 0.05) is 19.4 Å². The summed E-state index contributed by atoms with van der Waals surface area (Å²) in [6.45, 7) is 0.117. The van der Waals surface area contributed by atoms with Crippen LogP contribution in [-0.2, 0) is 49.8 Å². The summed E-state index contributed by atoms with van der Waals surface area (Å²) in [5.41, 5.74) is 14.6. The summed E-state index contributed by atoms with van der Waals surface area (Å²) in [5, 5.41) is 24.1. The lowest BCUT2D eigenvalue weighted by Crippen LogP contribution is -2.60. The van der Waals surface area contributed by atoms with Crippen molar-refractivity contribution in [2.45, 2.75) is 56.4 Å². The third-order valence-electron chi connectivity index (χ3n) is 7.48. The number of carboxylic acid groups (broad SMARTS) is 1. The highest BCUT2D eigenvalue weighted by Crippen LogP contribution is 2.25. The molecule has 8 N–H and O–H groups in total. The zero-order valence-electron chi connectivity index (χ0n) is 23.9. The molecule has 230 valence electrons. The van der Waals surface area contributed by atoms with E-state index >= 15 is 0 Å². The Labute approximate surface area is 254 Å². The lowest BCUT2D eigenvalue weighted by Gasteiger charge is -2.38. The topological polar surface area (TPSA) is 205 Å². The Kier molecular flexibility index (Phi) is 10.3. The molecule has 0 bridgehead atoms. The first kappa shape index (κ1) is 31.7. The van der Waals surface area contributed by atoms with Crippen LogP contribution >= 0.6 is 0 Å². The molecule has 0 saturated carbocycles. The van der Waals surface area contributed by atoms with Crippen LogP contribution in [0.4, 0.5) is 0 Å². The number of carbonyl (C=O) groups is 5. The van der Waals surface area contributed by atoms with Crippen LogP contribution in [0.5, 0.6) is 5.75 Å². The van der Waals surface area contributed by atoms with Crippen molar-refractivity contribution >= 4 is 29.6 Å². The number of hydrogen-bond acceptors (Lipinski definition) is 7. The molecule has 0 spiro atoms. The van der Waals surface area contributed by atoms with Crippen LogP contribution in [0.1, 0.15) is 28.7 Å². The Hall–Kier alpha value is -5.23. The fourth-order valence-electron chi connectivity index (χ4n) is 5.18. The van der Waals surface area contributed by atoms with E-state index in [0.717, 1.165) is 16.7 Å². The fraction of sp³-hybridized carbons (Fsp3) is 0.281. The van der Waals surface area contributed by atoms with Crippen molar-refractivity contribution < 1.29 is 34.2 Å². The summed E-state index contributed by atoms with van der Waals surface area (Å²) in [6, 6.07) is 17.7. The molecule has 4 amide bonds. The summed E-state index contributed by atoms with van der Waals surface area (Å²) in [5.74, 6) is -4.21. The monoisotopic (exact) mass is 601 g/mol. The van der Waals surface area contributed by atoms with Gasteiger partial charge in [0.2, 0.25) is 23.6 Å². The number of nitrogens with two attached hydrogens (primary N) is 2. The van der Waals surface area contributed by atoms with Gasteiger partial charge in [0.1, 0.15) is 23.9 Å². The average molecular weight is 602 g/mol. The Bertz CT molecular complexity index is 1510. The van der Waals surface area contributed by atoms with Gasteiger partial charge < -0.3 is 37.2 Å². The molecule has 0 aromatic heterocycles. The molecule has 1 heterocycles. The van der Waals surface area contributed by atoms with E-state index in [2.05, 4.69) is 10.6 Å². The van der Waals surface area contributed by atoms with Crippen LogP contribution in [0.3, 0.4) is 0 Å². The van der Waals surface area contributed by atoms with E-state index in [9.17, 15) is 34.2 Å². The van der Waals surface area contributed by atoms with Gasteiger partial charge in [0.05, 0.1) is 12.5 Å². The normalized spacial score (nSPS) is 16.1. The van der Waals surface area contributed by atoms with Gasteiger partial charge in [-0.2, -0.15) is 0 Å². The van der Waals surface area contributed by atoms with Crippen LogP contribution in [0.2, 0.25) is 0 Å². The predicted octanol–water partition coefficient (Wildman–Crippen LogP) is 0.388. The smallest absolute Gasteiger partial charge is 0.326 e. The highest BCUT2D eigenvalue weighted by molar-refractivity contribution is 5.95. The van der Waals surface area contributed by atoms with E-state index in [4.69, 9.17) is 11.5 Å². The quantitative estimate of drug-likeness (QED) is 0.171. The van der Waals surface area contributed by atoms with Crippen molar-refractivity contribution in [2.24, 2.45) is 11.5 Å². The summed E-state index contributed by atoms with van der Waals surface area (Å²) < 4.78 is 0. The number of phenolic OH excluding ortho intramolecular Hbond substituents is 1. The van der Waals surface area contributed by atoms with Crippen LogP contribution in [0.25, 0.3) is 0 Å². The number of hydrogen-bond donors (Lipinski definition) is 6. The summed E-state index contributed by atoms with van der Waals surface area (Å²) in [6.07, 6.45) is -0.285. The summed E-state index contributed by atoms with van der Waals surface area (Å²) >= 11 is 0.